The van der Waals surface area contributed by atoms with Crippen LogP contribution in [-0.2, 0) is 16.0 Å². The maximum atomic E-state index is 13.5. The van der Waals surface area contributed by atoms with Gasteiger partial charge in [-0.3, -0.25) is 4.79 Å². The van der Waals surface area contributed by atoms with Crippen LogP contribution in [0.5, 0.6) is 0 Å². The molecule has 0 heterocycles. The lowest BCUT2D eigenvalue weighted by atomic mass is 10.1. The van der Waals surface area contributed by atoms with Gasteiger partial charge in [0.2, 0.25) is 5.91 Å². The van der Waals surface area contributed by atoms with E-state index in [1.54, 1.807) is 36.4 Å². The molecule has 2 rings (SSSR count). The summed E-state index contributed by atoms with van der Waals surface area (Å²) in [5.74, 6) is -1.63. The highest BCUT2D eigenvalue weighted by Crippen LogP contribution is 2.24. The van der Waals surface area contributed by atoms with E-state index in [1.807, 2.05) is 0 Å². The van der Waals surface area contributed by atoms with E-state index < -0.39 is 5.97 Å². The first-order chi connectivity index (χ1) is 11.5. The zero-order valence-electron chi connectivity index (χ0n) is 12.6. The monoisotopic (exact) mass is 391 g/mol. The minimum atomic E-state index is -1.05. The first-order valence-electron chi connectivity index (χ1n) is 7.19. The van der Waals surface area contributed by atoms with Gasteiger partial charge in [0.15, 0.2) is 0 Å². The van der Waals surface area contributed by atoms with Crippen molar-refractivity contribution in [2.24, 2.45) is 0 Å². The molecular weight excluding hydrogens is 377 g/mol. The zero-order valence-corrected chi connectivity index (χ0v) is 14.2. The Balaban J connectivity index is 2.02. The number of carbonyl (C=O) groups is 2. The molecule has 2 aromatic rings. The van der Waals surface area contributed by atoms with E-state index in [0.717, 1.165) is 6.08 Å². The van der Waals surface area contributed by atoms with E-state index in [0.29, 0.717) is 27.7 Å². The van der Waals surface area contributed by atoms with Crippen molar-refractivity contribution in [2.75, 3.05) is 5.32 Å². The van der Waals surface area contributed by atoms with Crippen molar-refractivity contribution in [3.05, 3.63) is 70.0 Å². The maximum absolute atomic E-state index is 13.5. The molecule has 0 aliphatic rings. The fourth-order valence-corrected chi connectivity index (χ4v) is 2.42. The van der Waals surface area contributed by atoms with Gasteiger partial charge in [0, 0.05) is 17.0 Å². The number of hydrogen-bond acceptors (Lipinski definition) is 2. The molecule has 1 amide bonds. The number of amides is 1. The maximum Gasteiger partial charge on any atom is 0.328 e. The molecule has 0 aliphatic heterocycles. The number of anilines is 1. The number of carboxylic acids is 1. The van der Waals surface area contributed by atoms with Gasteiger partial charge >= 0.3 is 5.97 Å². The minimum absolute atomic E-state index is 0.141. The lowest BCUT2D eigenvalue weighted by molar-refractivity contribution is -0.131. The molecular formula is C18H15BrFNO3. The molecule has 0 fully saturated rings. The largest absolute Gasteiger partial charge is 0.478 e. The predicted molar refractivity (Wildman–Crippen MR) is 94.2 cm³/mol. The molecule has 0 radical (unpaired) electrons. The zero-order chi connectivity index (χ0) is 17.5. The second-order valence-corrected chi connectivity index (χ2v) is 5.90. The number of carboxylic acid groups (broad SMARTS) is 1. The highest BCUT2D eigenvalue weighted by molar-refractivity contribution is 9.10. The van der Waals surface area contributed by atoms with Crippen LogP contribution in [0.3, 0.4) is 0 Å². The molecule has 0 saturated carbocycles. The molecule has 124 valence electrons. The lowest BCUT2D eigenvalue weighted by Gasteiger charge is -2.09. The Morgan fingerprint density at radius 2 is 1.96 bits per heavy atom. The Hall–Kier alpha value is -2.47. The Labute approximate surface area is 147 Å². The van der Waals surface area contributed by atoms with E-state index in [-0.39, 0.29) is 18.1 Å². The Kier molecular flexibility index (Phi) is 6.26. The molecule has 0 aromatic heterocycles. The van der Waals surface area contributed by atoms with E-state index >= 15 is 0 Å². The molecule has 0 unspecified atom stereocenters. The number of nitrogens with one attached hydrogen (secondary N) is 1. The van der Waals surface area contributed by atoms with Gasteiger partial charge in [-0.05, 0) is 57.8 Å². The van der Waals surface area contributed by atoms with Crippen LogP contribution in [-0.4, -0.2) is 17.0 Å². The Bertz CT molecular complexity index is 790. The SMILES string of the molecule is O=C(O)/C=C/c1ccc(Br)c(NC(=O)CCc2ccccc2F)c1. The third-order valence-electron chi connectivity index (χ3n) is 3.26. The molecule has 0 bridgehead atoms. The minimum Gasteiger partial charge on any atom is -0.478 e. The number of rotatable bonds is 6. The van der Waals surface area contributed by atoms with Crippen LogP contribution in [0.2, 0.25) is 0 Å². The molecule has 0 spiro atoms. The van der Waals surface area contributed by atoms with Crippen molar-refractivity contribution < 1.29 is 19.1 Å². The van der Waals surface area contributed by atoms with Gasteiger partial charge in [0.1, 0.15) is 5.82 Å². The summed E-state index contributed by atoms with van der Waals surface area (Å²) in [5.41, 5.74) is 1.66. The van der Waals surface area contributed by atoms with Gasteiger partial charge in [0.25, 0.3) is 0 Å². The van der Waals surface area contributed by atoms with Crippen LogP contribution in [0, 0.1) is 5.82 Å². The molecule has 4 nitrogen and oxygen atoms in total. The molecule has 24 heavy (non-hydrogen) atoms. The van der Waals surface area contributed by atoms with E-state index in [9.17, 15) is 14.0 Å². The van der Waals surface area contributed by atoms with Crippen LogP contribution in [0.4, 0.5) is 10.1 Å². The molecule has 0 atom stereocenters. The van der Waals surface area contributed by atoms with Crippen LogP contribution in [0.15, 0.2) is 53.0 Å². The van der Waals surface area contributed by atoms with Crippen LogP contribution in [0.1, 0.15) is 17.5 Å². The summed E-state index contributed by atoms with van der Waals surface area (Å²) in [6.45, 7) is 0. The number of halogens is 2. The highest BCUT2D eigenvalue weighted by atomic mass is 79.9. The second kappa shape index (κ2) is 8.40. The molecule has 0 aliphatic carbocycles. The molecule has 6 heteroatoms. The topological polar surface area (TPSA) is 66.4 Å². The van der Waals surface area contributed by atoms with Crippen molar-refractivity contribution in [1.82, 2.24) is 0 Å². The summed E-state index contributed by atoms with van der Waals surface area (Å²) in [4.78, 5) is 22.6. The van der Waals surface area contributed by atoms with Gasteiger partial charge in [-0.2, -0.15) is 0 Å². The summed E-state index contributed by atoms with van der Waals surface area (Å²) in [5, 5.41) is 11.4. The van der Waals surface area contributed by atoms with Crippen molar-refractivity contribution in [3.63, 3.8) is 0 Å². The summed E-state index contributed by atoms with van der Waals surface area (Å²) >= 11 is 3.33. The van der Waals surface area contributed by atoms with Crippen LogP contribution < -0.4 is 5.32 Å². The summed E-state index contributed by atoms with van der Waals surface area (Å²) in [7, 11) is 0. The van der Waals surface area contributed by atoms with Gasteiger partial charge in [-0.1, -0.05) is 24.3 Å². The molecule has 2 aromatic carbocycles. The van der Waals surface area contributed by atoms with Crippen molar-refractivity contribution in [1.29, 1.82) is 0 Å². The van der Waals surface area contributed by atoms with Gasteiger partial charge in [-0.25, -0.2) is 9.18 Å². The fraction of sp³-hybridized carbons (Fsp3) is 0.111. The molecule has 2 N–H and O–H groups in total. The quantitative estimate of drug-likeness (QED) is 0.723. The third kappa shape index (κ3) is 5.31. The number of aliphatic carboxylic acids is 1. The number of aryl methyl sites for hydroxylation is 1. The van der Waals surface area contributed by atoms with Gasteiger partial charge in [-0.15, -0.1) is 0 Å². The van der Waals surface area contributed by atoms with E-state index in [4.69, 9.17) is 5.11 Å². The number of hydrogen-bond donors (Lipinski definition) is 2. The average Bonchev–Trinajstić information content (AvgIpc) is 2.55. The molecule has 0 saturated heterocycles. The summed E-state index contributed by atoms with van der Waals surface area (Å²) < 4.78 is 14.2. The van der Waals surface area contributed by atoms with Crippen LogP contribution in [0.25, 0.3) is 6.08 Å². The standard InChI is InChI=1S/C18H15BrFNO3/c19-14-8-5-12(6-10-18(23)24)11-16(14)21-17(22)9-7-13-3-1-2-4-15(13)20/h1-6,8,10-11H,7,9H2,(H,21,22)(H,23,24)/b10-6+. The number of benzene rings is 2. The summed E-state index contributed by atoms with van der Waals surface area (Å²) in [6.07, 6.45) is 2.90. The van der Waals surface area contributed by atoms with Crippen molar-refractivity contribution in [2.45, 2.75) is 12.8 Å². The number of carbonyl (C=O) groups excluding carboxylic acids is 1. The van der Waals surface area contributed by atoms with Crippen molar-refractivity contribution in [3.8, 4) is 0 Å². The van der Waals surface area contributed by atoms with Gasteiger partial charge < -0.3 is 10.4 Å². The highest BCUT2D eigenvalue weighted by Gasteiger charge is 2.08. The van der Waals surface area contributed by atoms with E-state index in [1.165, 1.54) is 12.1 Å². The van der Waals surface area contributed by atoms with Crippen molar-refractivity contribution >= 4 is 39.6 Å². The average molecular weight is 392 g/mol. The summed E-state index contributed by atoms with van der Waals surface area (Å²) in [6, 6.07) is 11.4. The van der Waals surface area contributed by atoms with Gasteiger partial charge in [0.05, 0.1) is 5.69 Å². The lowest BCUT2D eigenvalue weighted by Crippen LogP contribution is -2.13. The van der Waals surface area contributed by atoms with E-state index in [2.05, 4.69) is 21.2 Å². The Morgan fingerprint density at radius 1 is 1.21 bits per heavy atom. The Morgan fingerprint density at radius 3 is 2.67 bits per heavy atom. The fourth-order valence-electron chi connectivity index (χ4n) is 2.07. The second-order valence-electron chi connectivity index (χ2n) is 5.05. The van der Waals surface area contributed by atoms with Crippen LogP contribution >= 0.6 is 15.9 Å². The first-order valence-corrected chi connectivity index (χ1v) is 7.99. The smallest absolute Gasteiger partial charge is 0.328 e. The first kappa shape index (κ1) is 17.9. The normalized spacial score (nSPS) is 10.8. The predicted octanol–water partition coefficient (Wildman–Crippen LogP) is 4.26. The third-order valence-corrected chi connectivity index (χ3v) is 3.95.